The first-order valence-electron chi connectivity index (χ1n) is 17.2. The summed E-state index contributed by atoms with van der Waals surface area (Å²) in [7, 11) is 3.55. The van der Waals surface area contributed by atoms with E-state index < -0.39 is 0 Å². The highest BCUT2D eigenvalue weighted by Crippen LogP contribution is 2.33. The van der Waals surface area contributed by atoms with Crippen molar-refractivity contribution in [3.63, 3.8) is 0 Å². The van der Waals surface area contributed by atoms with Gasteiger partial charge in [0, 0.05) is 43.8 Å². The van der Waals surface area contributed by atoms with Crippen LogP contribution in [0.1, 0.15) is 73.0 Å². The Morgan fingerprint density at radius 3 is 1.78 bits per heavy atom. The lowest BCUT2D eigenvalue weighted by molar-refractivity contribution is 0.168. The molecule has 0 spiro atoms. The van der Waals surface area contributed by atoms with E-state index in [2.05, 4.69) is 88.2 Å². The van der Waals surface area contributed by atoms with Crippen molar-refractivity contribution in [1.82, 2.24) is 19.8 Å². The van der Waals surface area contributed by atoms with Crippen LogP contribution < -0.4 is 9.47 Å². The third-order valence-corrected chi connectivity index (χ3v) is 9.53. The van der Waals surface area contributed by atoms with Crippen molar-refractivity contribution in [2.24, 2.45) is 0 Å². The summed E-state index contributed by atoms with van der Waals surface area (Å²) in [6.45, 7) is 8.67. The summed E-state index contributed by atoms with van der Waals surface area (Å²) < 4.78 is 11.2. The van der Waals surface area contributed by atoms with E-state index >= 15 is 0 Å². The van der Waals surface area contributed by atoms with Gasteiger partial charge in [0.2, 0.25) is 0 Å². The van der Waals surface area contributed by atoms with Crippen LogP contribution in [0.15, 0.2) is 85.3 Å². The molecule has 6 rings (SSSR count). The Morgan fingerprint density at radius 1 is 0.674 bits per heavy atom. The first-order chi connectivity index (χ1) is 22.6. The van der Waals surface area contributed by atoms with E-state index in [0.29, 0.717) is 12.1 Å². The van der Waals surface area contributed by atoms with Crippen LogP contribution in [0, 0.1) is 0 Å². The molecule has 4 aromatic rings. The number of aromatic nitrogens is 2. The lowest BCUT2D eigenvalue weighted by atomic mass is 9.86. The molecule has 6 nitrogen and oxygen atoms in total. The van der Waals surface area contributed by atoms with Gasteiger partial charge in [-0.3, -0.25) is 19.8 Å². The van der Waals surface area contributed by atoms with Crippen LogP contribution >= 0.6 is 0 Å². The van der Waals surface area contributed by atoms with Gasteiger partial charge >= 0.3 is 0 Å². The van der Waals surface area contributed by atoms with E-state index in [0.717, 1.165) is 69.1 Å². The third-order valence-electron chi connectivity index (χ3n) is 9.53. The topological polar surface area (TPSA) is 50.7 Å². The summed E-state index contributed by atoms with van der Waals surface area (Å²) >= 11 is 0. The minimum atomic E-state index is 0.570. The summed E-state index contributed by atoms with van der Waals surface area (Å²) in [5, 5.41) is 0. The fraction of sp³-hybridized carbons (Fsp3) is 0.450. The molecule has 0 aliphatic heterocycles. The van der Waals surface area contributed by atoms with Crippen LogP contribution in [-0.4, -0.2) is 59.2 Å². The molecule has 0 saturated heterocycles. The van der Waals surface area contributed by atoms with E-state index in [4.69, 9.17) is 9.47 Å². The highest BCUT2D eigenvalue weighted by atomic mass is 16.5. The van der Waals surface area contributed by atoms with Gasteiger partial charge in [-0.25, -0.2) is 0 Å². The molecule has 2 aromatic heterocycles. The minimum absolute atomic E-state index is 0.570. The highest BCUT2D eigenvalue weighted by Gasteiger charge is 2.27. The fourth-order valence-electron chi connectivity index (χ4n) is 7.26. The number of fused-ring (bicyclic) bond motifs is 2. The molecule has 0 fully saturated rings. The molecular weight excluding hydrogens is 568 g/mol. The van der Waals surface area contributed by atoms with Crippen molar-refractivity contribution in [1.29, 1.82) is 0 Å². The van der Waals surface area contributed by atoms with Gasteiger partial charge in [-0.2, -0.15) is 0 Å². The van der Waals surface area contributed by atoms with Crippen molar-refractivity contribution in [3.05, 3.63) is 119 Å². The monoisotopic (exact) mass is 620 g/mol. The van der Waals surface area contributed by atoms with Crippen molar-refractivity contribution >= 4 is 0 Å². The number of hydrogen-bond acceptors (Lipinski definition) is 6. The first kappa shape index (κ1) is 33.6. The van der Waals surface area contributed by atoms with Gasteiger partial charge in [0.1, 0.15) is 11.5 Å². The Morgan fingerprint density at radius 2 is 1.28 bits per heavy atom. The number of rotatable bonds is 12. The Labute approximate surface area is 276 Å². The molecule has 0 bridgehead atoms. The number of hydrogen-bond donors (Lipinski definition) is 0. The van der Waals surface area contributed by atoms with Crippen LogP contribution in [-0.2, 0) is 38.8 Å². The second kappa shape index (κ2) is 17.3. The summed E-state index contributed by atoms with van der Waals surface area (Å²) in [5.74, 6) is 2.09. The number of pyridine rings is 2. The molecule has 0 amide bonds. The Kier molecular flexibility index (Phi) is 12.6. The molecule has 2 aliphatic rings. The lowest BCUT2D eigenvalue weighted by Crippen LogP contribution is -2.39. The van der Waals surface area contributed by atoms with Gasteiger partial charge in [0.25, 0.3) is 0 Å². The van der Waals surface area contributed by atoms with Crippen LogP contribution in [0.25, 0.3) is 0 Å². The van der Waals surface area contributed by atoms with Gasteiger partial charge < -0.3 is 9.47 Å². The van der Waals surface area contributed by atoms with Crippen molar-refractivity contribution < 1.29 is 9.47 Å². The van der Waals surface area contributed by atoms with Gasteiger partial charge in [-0.15, -0.1) is 0 Å². The second-order valence-corrected chi connectivity index (χ2v) is 12.6. The highest BCUT2D eigenvalue weighted by molar-refractivity contribution is 5.43. The van der Waals surface area contributed by atoms with Gasteiger partial charge in [0.05, 0.1) is 19.9 Å². The smallest absolute Gasteiger partial charge is 0.122 e. The molecule has 2 aliphatic carbocycles. The van der Waals surface area contributed by atoms with Gasteiger partial charge in [0.15, 0.2) is 0 Å². The molecule has 2 aromatic carbocycles. The Balaban J connectivity index is 0.000000181. The normalized spacial score (nSPS) is 17.1. The van der Waals surface area contributed by atoms with E-state index in [9.17, 15) is 0 Å². The van der Waals surface area contributed by atoms with Crippen molar-refractivity contribution in [2.45, 2.75) is 90.4 Å². The largest absolute Gasteiger partial charge is 0.496 e. The third kappa shape index (κ3) is 8.74. The average molecular weight is 621 g/mol. The predicted octanol–water partition coefficient (Wildman–Crippen LogP) is 7.72. The number of nitrogens with zero attached hydrogens (tertiary/aromatic N) is 4. The zero-order valence-electron chi connectivity index (χ0n) is 28.3. The quantitative estimate of drug-likeness (QED) is 0.162. The summed E-state index contributed by atoms with van der Waals surface area (Å²) in [6.07, 6.45) is 14.9. The summed E-state index contributed by atoms with van der Waals surface area (Å²) in [6, 6.07) is 24.4. The molecule has 2 heterocycles. The van der Waals surface area contributed by atoms with Crippen LogP contribution in [0.4, 0.5) is 0 Å². The fourth-order valence-corrected chi connectivity index (χ4v) is 7.26. The van der Waals surface area contributed by atoms with E-state index in [1.54, 1.807) is 14.2 Å². The van der Waals surface area contributed by atoms with Crippen molar-refractivity contribution in [3.8, 4) is 11.5 Å². The first-order valence-corrected chi connectivity index (χ1v) is 17.2. The summed E-state index contributed by atoms with van der Waals surface area (Å²) in [4.78, 5) is 14.0. The average Bonchev–Trinajstić information content (AvgIpc) is 3.11. The maximum absolute atomic E-state index is 5.59. The molecule has 0 radical (unpaired) electrons. The lowest BCUT2D eigenvalue weighted by Gasteiger charge is -2.35. The van der Waals surface area contributed by atoms with Gasteiger partial charge in [-0.05, 0) is 123 Å². The van der Waals surface area contributed by atoms with Gasteiger partial charge in [-0.1, -0.05) is 50.2 Å². The van der Waals surface area contributed by atoms with Crippen LogP contribution in [0.5, 0.6) is 11.5 Å². The van der Waals surface area contributed by atoms with Crippen LogP contribution in [0.2, 0.25) is 0 Å². The van der Waals surface area contributed by atoms with Crippen molar-refractivity contribution in [2.75, 3.05) is 27.3 Å². The Bertz CT molecular complexity index is 1340. The number of methoxy groups -OCH3 is 2. The van der Waals surface area contributed by atoms with E-state index in [1.165, 1.54) is 53.5 Å². The molecule has 0 N–H and O–H groups in total. The number of benzene rings is 2. The Hall–Kier alpha value is -3.74. The summed E-state index contributed by atoms with van der Waals surface area (Å²) in [5.41, 5.74) is 8.17. The maximum Gasteiger partial charge on any atom is 0.122 e. The molecule has 6 heteroatoms. The molecular formula is C40H52N4O2. The molecule has 2 atom stereocenters. The molecule has 46 heavy (non-hydrogen) atoms. The van der Waals surface area contributed by atoms with Crippen LogP contribution in [0.3, 0.4) is 0 Å². The van der Waals surface area contributed by atoms with E-state index in [-0.39, 0.29) is 0 Å². The second-order valence-electron chi connectivity index (χ2n) is 12.6. The zero-order chi connectivity index (χ0) is 32.1. The minimum Gasteiger partial charge on any atom is -0.496 e. The van der Waals surface area contributed by atoms with E-state index in [1.807, 2.05) is 30.7 Å². The molecule has 244 valence electrons. The SMILES string of the molecule is CCCN(Cc1ccccn1)C1CCc2cccc(OC)c2C1.CCCN(Cc1cccnc1)C1CCc2cccc(OC)c2C1. The standard InChI is InChI=1S/2C20H26N2O/c1-3-12-22(15-16-6-5-11-21-14-16)18-10-9-17-7-4-8-20(23-2)19(17)13-18;1-3-13-22(15-17-8-4-5-12-21-17)18-11-10-16-7-6-9-20(23-2)19(16)14-18/h4-8,11,14,18H,3,9-10,12-13,15H2,1-2H3;4-9,12,18H,3,10-11,13-15H2,1-2H3. The maximum atomic E-state index is 5.59. The zero-order valence-corrected chi connectivity index (χ0v) is 28.3. The predicted molar refractivity (Wildman–Crippen MR) is 187 cm³/mol. The number of aryl methyl sites for hydroxylation is 2. The number of ether oxygens (including phenoxy) is 2. The molecule has 2 unspecified atom stereocenters. The molecule has 0 saturated carbocycles.